The Balaban J connectivity index is 2.23. The van der Waals surface area contributed by atoms with Gasteiger partial charge in [-0.3, -0.25) is 0 Å². The van der Waals surface area contributed by atoms with Crippen molar-refractivity contribution in [1.29, 1.82) is 0 Å². The van der Waals surface area contributed by atoms with E-state index in [0.29, 0.717) is 5.02 Å². The van der Waals surface area contributed by atoms with Crippen molar-refractivity contribution < 1.29 is 0 Å². The van der Waals surface area contributed by atoms with Gasteiger partial charge in [-0.1, -0.05) is 23.7 Å². The summed E-state index contributed by atoms with van der Waals surface area (Å²) in [5.41, 5.74) is 3.65. The highest BCUT2D eigenvalue weighted by molar-refractivity contribution is 6.30. The molecule has 2 heterocycles. The Kier molecular flexibility index (Phi) is 2.30. The summed E-state index contributed by atoms with van der Waals surface area (Å²) >= 11 is 5.97. The molecule has 84 valence electrons. The van der Waals surface area contributed by atoms with Gasteiger partial charge in [-0.15, -0.1) is 10.2 Å². The molecule has 4 nitrogen and oxygen atoms in total. The normalized spacial score (nSPS) is 10.9. The molecule has 0 atom stereocenters. The van der Waals surface area contributed by atoms with E-state index in [1.54, 1.807) is 10.8 Å². The summed E-state index contributed by atoms with van der Waals surface area (Å²) in [4.78, 5) is 0. The SMILES string of the molecule is Cc1cc(-c2cccc(Cl)c2)nn2cnnc12. The number of benzene rings is 1. The summed E-state index contributed by atoms with van der Waals surface area (Å²) in [7, 11) is 0. The van der Waals surface area contributed by atoms with Gasteiger partial charge in [0, 0.05) is 10.6 Å². The predicted molar refractivity (Wildman–Crippen MR) is 66.0 cm³/mol. The second kappa shape index (κ2) is 3.82. The van der Waals surface area contributed by atoms with Gasteiger partial charge in [-0.2, -0.15) is 9.61 Å². The van der Waals surface area contributed by atoms with E-state index >= 15 is 0 Å². The average molecular weight is 245 g/mol. The van der Waals surface area contributed by atoms with Gasteiger partial charge >= 0.3 is 0 Å². The van der Waals surface area contributed by atoms with Crippen molar-refractivity contribution in [1.82, 2.24) is 19.8 Å². The van der Waals surface area contributed by atoms with Crippen LogP contribution >= 0.6 is 11.6 Å². The molecule has 1 aromatic carbocycles. The topological polar surface area (TPSA) is 43.1 Å². The molecule has 0 fully saturated rings. The quantitative estimate of drug-likeness (QED) is 0.661. The molecular weight excluding hydrogens is 236 g/mol. The number of hydrogen-bond acceptors (Lipinski definition) is 3. The fraction of sp³-hybridized carbons (Fsp3) is 0.0833. The van der Waals surface area contributed by atoms with Crippen molar-refractivity contribution >= 4 is 17.2 Å². The Bertz CT molecular complexity index is 690. The molecule has 0 aliphatic rings. The zero-order chi connectivity index (χ0) is 11.8. The van der Waals surface area contributed by atoms with Gasteiger partial charge in [-0.05, 0) is 30.7 Å². The van der Waals surface area contributed by atoms with Crippen LogP contribution < -0.4 is 0 Å². The number of hydrogen-bond donors (Lipinski definition) is 0. The molecule has 0 bridgehead atoms. The molecule has 0 saturated heterocycles. The van der Waals surface area contributed by atoms with E-state index < -0.39 is 0 Å². The van der Waals surface area contributed by atoms with E-state index in [-0.39, 0.29) is 0 Å². The van der Waals surface area contributed by atoms with Crippen molar-refractivity contribution in [3.05, 3.63) is 47.2 Å². The largest absolute Gasteiger partial charge is 0.200 e. The molecule has 3 rings (SSSR count). The number of halogens is 1. The van der Waals surface area contributed by atoms with Gasteiger partial charge < -0.3 is 0 Å². The number of nitrogens with zero attached hydrogens (tertiary/aromatic N) is 4. The Hall–Kier alpha value is -1.94. The first-order valence-electron chi connectivity index (χ1n) is 5.17. The highest BCUT2D eigenvalue weighted by Gasteiger charge is 2.06. The molecule has 0 saturated carbocycles. The summed E-state index contributed by atoms with van der Waals surface area (Å²) in [6.07, 6.45) is 1.59. The molecule has 2 aromatic heterocycles. The molecule has 0 unspecified atom stereocenters. The Morgan fingerprint density at radius 2 is 2.12 bits per heavy atom. The monoisotopic (exact) mass is 244 g/mol. The fourth-order valence-electron chi connectivity index (χ4n) is 1.77. The zero-order valence-electron chi connectivity index (χ0n) is 9.13. The van der Waals surface area contributed by atoms with Crippen LogP contribution in [-0.4, -0.2) is 19.8 Å². The van der Waals surface area contributed by atoms with E-state index in [2.05, 4.69) is 15.3 Å². The summed E-state index contributed by atoms with van der Waals surface area (Å²) in [5.74, 6) is 0. The zero-order valence-corrected chi connectivity index (χ0v) is 9.89. The van der Waals surface area contributed by atoms with Crippen molar-refractivity contribution in [3.63, 3.8) is 0 Å². The molecule has 3 aromatic rings. The molecule has 0 amide bonds. The third-order valence-corrected chi connectivity index (χ3v) is 2.81. The smallest absolute Gasteiger partial charge is 0.180 e. The summed E-state index contributed by atoms with van der Waals surface area (Å²) in [6.45, 7) is 1.99. The highest BCUT2D eigenvalue weighted by Crippen LogP contribution is 2.22. The Morgan fingerprint density at radius 1 is 1.24 bits per heavy atom. The van der Waals surface area contributed by atoms with Gasteiger partial charge in [0.1, 0.15) is 6.33 Å². The van der Waals surface area contributed by atoms with Crippen LogP contribution in [0.3, 0.4) is 0 Å². The van der Waals surface area contributed by atoms with Crippen LogP contribution in [0.2, 0.25) is 5.02 Å². The molecule has 5 heteroatoms. The molecule has 0 aliphatic carbocycles. The van der Waals surface area contributed by atoms with E-state index in [4.69, 9.17) is 11.6 Å². The molecule has 0 aliphatic heterocycles. The van der Waals surface area contributed by atoms with Crippen LogP contribution in [0, 0.1) is 6.92 Å². The van der Waals surface area contributed by atoms with E-state index in [1.807, 2.05) is 37.3 Å². The maximum atomic E-state index is 5.97. The lowest BCUT2D eigenvalue weighted by Gasteiger charge is -2.03. The standard InChI is InChI=1S/C12H9ClN4/c1-8-5-11(9-3-2-4-10(13)6-9)16-17-7-14-15-12(8)17/h2-7H,1H3. The van der Waals surface area contributed by atoms with Gasteiger partial charge in [0.25, 0.3) is 0 Å². The minimum Gasteiger partial charge on any atom is -0.200 e. The maximum Gasteiger partial charge on any atom is 0.180 e. The fourth-order valence-corrected chi connectivity index (χ4v) is 1.96. The lowest BCUT2D eigenvalue weighted by Crippen LogP contribution is -1.96. The third-order valence-electron chi connectivity index (χ3n) is 2.57. The van der Waals surface area contributed by atoms with E-state index in [9.17, 15) is 0 Å². The van der Waals surface area contributed by atoms with Crippen LogP contribution in [-0.2, 0) is 0 Å². The number of rotatable bonds is 1. The van der Waals surface area contributed by atoms with Crippen molar-refractivity contribution in [2.75, 3.05) is 0 Å². The first kappa shape index (κ1) is 10.2. The number of aromatic nitrogens is 4. The maximum absolute atomic E-state index is 5.97. The Morgan fingerprint density at radius 3 is 2.94 bits per heavy atom. The van der Waals surface area contributed by atoms with Crippen LogP contribution in [0.4, 0.5) is 0 Å². The first-order chi connectivity index (χ1) is 8.24. The second-order valence-electron chi connectivity index (χ2n) is 3.82. The van der Waals surface area contributed by atoms with Gasteiger partial charge in [0.2, 0.25) is 0 Å². The average Bonchev–Trinajstić information content (AvgIpc) is 2.77. The lowest BCUT2D eigenvalue weighted by atomic mass is 10.1. The summed E-state index contributed by atoms with van der Waals surface area (Å²) in [5, 5.41) is 13.0. The third kappa shape index (κ3) is 1.76. The Labute approximate surface area is 103 Å². The summed E-state index contributed by atoms with van der Waals surface area (Å²) < 4.78 is 1.67. The highest BCUT2D eigenvalue weighted by atomic mass is 35.5. The molecule has 17 heavy (non-hydrogen) atoms. The summed E-state index contributed by atoms with van der Waals surface area (Å²) in [6, 6.07) is 9.60. The molecule has 0 N–H and O–H groups in total. The van der Waals surface area contributed by atoms with Gasteiger partial charge in [-0.25, -0.2) is 0 Å². The predicted octanol–water partition coefficient (Wildman–Crippen LogP) is 2.75. The van der Waals surface area contributed by atoms with Crippen molar-refractivity contribution in [2.24, 2.45) is 0 Å². The number of aryl methyl sites for hydroxylation is 1. The van der Waals surface area contributed by atoms with Gasteiger partial charge in [0.05, 0.1) is 5.69 Å². The molecular formula is C12H9ClN4. The van der Waals surface area contributed by atoms with Crippen LogP contribution in [0.5, 0.6) is 0 Å². The molecule has 0 spiro atoms. The number of fused-ring (bicyclic) bond motifs is 1. The minimum absolute atomic E-state index is 0.700. The van der Waals surface area contributed by atoms with Crippen molar-refractivity contribution in [2.45, 2.75) is 6.92 Å². The van der Waals surface area contributed by atoms with Crippen LogP contribution in [0.25, 0.3) is 16.9 Å². The van der Waals surface area contributed by atoms with Crippen LogP contribution in [0.1, 0.15) is 5.56 Å². The first-order valence-corrected chi connectivity index (χ1v) is 5.55. The lowest BCUT2D eigenvalue weighted by molar-refractivity contribution is 0.926. The van der Waals surface area contributed by atoms with Crippen molar-refractivity contribution in [3.8, 4) is 11.3 Å². The molecule has 0 radical (unpaired) electrons. The minimum atomic E-state index is 0.700. The van der Waals surface area contributed by atoms with E-state index in [0.717, 1.165) is 22.5 Å². The van der Waals surface area contributed by atoms with E-state index in [1.165, 1.54) is 0 Å². The van der Waals surface area contributed by atoms with Crippen LogP contribution in [0.15, 0.2) is 36.7 Å². The van der Waals surface area contributed by atoms with Gasteiger partial charge in [0.15, 0.2) is 5.65 Å². The second-order valence-corrected chi connectivity index (χ2v) is 4.26.